The van der Waals surface area contributed by atoms with Crippen molar-refractivity contribution in [3.8, 4) is 0 Å². The minimum Gasteiger partial charge on any atom is -0.396 e. The maximum absolute atomic E-state index is 11.8. The molecule has 0 radical (unpaired) electrons. The van der Waals surface area contributed by atoms with Gasteiger partial charge < -0.3 is 14.9 Å². The zero-order valence-corrected chi connectivity index (χ0v) is 11.6. The van der Waals surface area contributed by atoms with Crippen molar-refractivity contribution >= 4 is 23.2 Å². The molecule has 1 amide bonds. The zero-order chi connectivity index (χ0) is 13.7. The summed E-state index contributed by atoms with van der Waals surface area (Å²) in [5.74, 6) is 0.132. The van der Waals surface area contributed by atoms with E-state index in [0.29, 0.717) is 12.8 Å². The predicted octanol–water partition coefficient (Wildman–Crippen LogP) is 1.76. The monoisotopic (exact) mass is 282 g/mol. The summed E-state index contributed by atoms with van der Waals surface area (Å²) in [6.07, 6.45) is 0.978. The summed E-state index contributed by atoms with van der Waals surface area (Å²) in [6.45, 7) is 3.11. The number of nitrogens with zero attached hydrogens (tertiary/aromatic N) is 2. The third-order valence-corrected chi connectivity index (χ3v) is 3.69. The van der Waals surface area contributed by atoms with Gasteiger partial charge in [0, 0.05) is 39.2 Å². The number of hydrogen-bond donors (Lipinski definition) is 1. The van der Waals surface area contributed by atoms with Crippen LogP contribution in [0.25, 0.3) is 0 Å². The molecule has 104 valence electrons. The smallest absolute Gasteiger partial charge is 0.222 e. The quantitative estimate of drug-likeness (QED) is 0.915. The number of hydrogen-bond acceptors (Lipinski definition) is 3. The van der Waals surface area contributed by atoms with Crippen LogP contribution in [0.2, 0.25) is 5.02 Å². The molecule has 1 heterocycles. The van der Waals surface area contributed by atoms with Crippen molar-refractivity contribution in [1.82, 2.24) is 4.90 Å². The lowest BCUT2D eigenvalue weighted by molar-refractivity contribution is -0.131. The largest absolute Gasteiger partial charge is 0.396 e. The standard InChI is InChI=1S/C14H19ClN2O2/c15-12-4-1-2-5-13(12)16-7-9-17(10-8-16)14(19)6-3-11-18/h1-2,4-5,18H,3,6-11H2. The van der Waals surface area contributed by atoms with E-state index in [0.717, 1.165) is 36.9 Å². The highest BCUT2D eigenvalue weighted by molar-refractivity contribution is 6.33. The number of benzene rings is 1. The maximum atomic E-state index is 11.8. The van der Waals surface area contributed by atoms with Crippen LogP contribution in [-0.4, -0.2) is 48.7 Å². The first kappa shape index (κ1) is 14.2. The van der Waals surface area contributed by atoms with Gasteiger partial charge in [0.15, 0.2) is 0 Å². The molecule has 1 aliphatic heterocycles. The first-order chi connectivity index (χ1) is 9.22. The van der Waals surface area contributed by atoms with Crippen LogP contribution in [0.3, 0.4) is 0 Å². The number of amides is 1. The van der Waals surface area contributed by atoms with E-state index < -0.39 is 0 Å². The summed E-state index contributed by atoms with van der Waals surface area (Å²) in [4.78, 5) is 15.9. The number of halogens is 1. The molecule has 5 heteroatoms. The second-order valence-electron chi connectivity index (χ2n) is 4.65. The van der Waals surface area contributed by atoms with E-state index in [1.54, 1.807) is 0 Å². The minimum absolute atomic E-state index is 0.0747. The molecule has 1 aromatic carbocycles. The molecule has 1 aromatic rings. The van der Waals surface area contributed by atoms with E-state index in [1.165, 1.54) is 0 Å². The fourth-order valence-corrected chi connectivity index (χ4v) is 2.55. The molecule has 0 unspecified atom stereocenters. The Hall–Kier alpha value is -1.26. The summed E-state index contributed by atoms with van der Waals surface area (Å²) in [5, 5.41) is 9.49. The number of para-hydroxylation sites is 1. The average molecular weight is 283 g/mol. The van der Waals surface area contributed by atoms with Gasteiger partial charge in [0.2, 0.25) is 5.91 Å². The Morgan fingerprint density at radius 3 is 2.53 bits per heavy atom. The highest BCUT2D eigenvalue weighted by atomic mass is 35.5. The molecular weight excluding hydrogens is 264 g/mol. The molecule has 2 rings (SSSR count). The molecule has 0 bridgehead atoms. The Morgan fingerprint density at radius 1 is 1.21 bits per heavy atom. The third kappa shape index (κ3) is 3.61. The molecule has 1 saturated heterocycles. The topological polar surface area (TPSA) is 43.8 Å². The van der Waals surface area contributed by atoms with Crippen molar-refractivity contribution in [3.63, 3.8) is 0 Å². The van der Waals surface area contributed by atoms with Crippen LogP contribution in [-0.2, 0) is 4.79 Å². The molecule has 4 nitrogen and oxygen atoms in total. The van der Waals surface area contributed by atoms with Crippen LogP contribution >= 0.6 is 11.6 Å². The van der Waals surface area contributed by atoms with Crippen molar-refractivity contribution in [2.75, 3.05) is 37.7 Å². The Bertz CT molecular complexity index is 431. The Kier molecular flexibility index (Phi) is 5.05. The van der Waals surface area contributed by atoms with Crippen molar-refractivity contribution in [2.24, 2.45) is 0 Å². The normalized spacial score (nSPS) is 15.7. The lowest BCUT2D eigenvalue weighted by Gasteiger charge is -2.36. The molecule has 1 N–H and O–H groups in total. The van der Waals surface area contributed by atoms with Crippen LogP contribution < -0.4 is 4.90 Å². The summed E-state index contributed by atoms with van der Waals surface area (Å²) in [5.41, 5.74) is 1.03. The van der Waals surface area contributed by atoms with E-state index in [2.05, 4.69) is 4.90 Å². The molecule has 0 spiro atoms. The zero-order valence-electron chi connectivity index (χ0n) is 10.9. The molecule has 1 fully saturated rings. The molecule has 0 atom stereocenters. The molecule has 1 aliphatic rings. The van der Waals surface area contributed by atoms with Crippen LogP contribution in [0.15, 0.2) is 24.3 Å². The lowest BCUT2D eigenvalue weighted by Crippen LogP contribution is -2.48. The summed E-state index contributed by atoms with van der Waals surface area (Å²) in [6, 6.07) is 7.78. The number of carbonyl (C=O) groups excluding carboxylic acids is 1. The van der Waals surface area contributed by atoms with Crippen molar-refractivity contribution < 1.29 is 9.90 Å². The molecule has 0 saturated carbocycles. The molecule has 0 aliphatic carbocycles. The van der Waals surface area contributed by atoms with Gasteiger partial charge in [-0.25, -0.2) is 0 Å². The van der Waals surface area contributed by atoms with Gasteiger partial charge in [-0.3, -0.25) is 4.79 Å². The van der Waals surface area contributed by atoms with Crippen LogP contribution in [0.5, 0.6) is 0 Å². The van der Waals surface area contributed by atoms with E-state index >= 15 is 0 Å². The second-order valence-corrected chi connectivity index (χ2v) is 5.05. The molecular formula is C14H19ClN2O2. The number of piperazine rings is 1. The van der Waals surface area contributed by atoms with E-state index in [9.17, 15) is 4.79 Å². The predicted molar refractivity (Wildman–Crippen MR) is 76.6 cm³/mol. The summed E-state index contributed by atoms with van der Waals surface area (Å²) >= 11 is 6.18. The fourth-order valence-electron chi connectivity index (χ4n) is 2.29. The second kappa shape index (κ2) is 6.78. The minimum atomic E-state index is 0.0747. The first-order valence-corrected chi connectivity index (χ1v) is 6.98. The highest BCUT2D eigenvalue weighted by Gasteiger charge is 2.21. The van der Waals surface area contributed by atoms with Gasteiger partial charge in [0.1, 0.15) is 0 Å². The lowest BCUT2D eigenvalue weighted by atomic mass is 10.2. The summed E-state index contributed by atoms with van der Waals surface area (Å²) < 4.78 is 0. The van der Waals surface area contributed by atoms with Gasteiger partial charge in [-0.05, 0) is 18.6 Å². The summed E-state index contributed by atoms with van der Waals surface area (Å²) in [7, 11) is 0. The number of anilines is 1. The van der Waals surface area contributed by atoms with E-state index in [1.807, 2.05) is 29.2 Å². The first-order valence-electron chi connectivity index (χ1n) is 6.60. The van der Waals surface area contributed by atoms with Gasteiger partial charge in [-0.2, -0.15) is 0 Å². The molecule has 0 aromatic heterocycles. The maximum Gasteiger partial charge on any atom is 0.222 e. The van der Waals surface area contributed by atoms with E-state index in [-0.39, 0.29) is 12.5 Å². The number of rotatable bonds is 4. The Balaban J connectivity index is 1.89. The molecule has 19 heavy (non-hydrogen) atoms. The van der Waals surface area contributed by atoms with Crippen LogP contribution in [0.1, 0.15) is 12.8 Å². The van der Waals surface area contributed by atoms with Crippen molar-refractivity contribution in [2.45, 2.75) is 12.8 Å². The Morgan fingerprint density at radius 2 is 1.89 bits per heavy atom. The fraction of sp³-hybridized carbons (Fsp3) is 0.500. The van der Waals surface area contributed by atoms with Gasteiger partial charge in [-0.1, -0.05) is 23.7 Å². The van der Waals surface area contributed by atoms with Gasteiger partial charge in [0.25, 0.3) is 0 Å². The van der Waals surface area contributed by atoms with Crippen LogP contribution in [0.4, 0.5) is 5.69 Å². The SMILES string of the molecule is O=C(CCCO)N1CCN(c2ccccc2Cl)CC1. The van der Waals surface area contributed by atoms with Crippen LogP contribution in [0, 0.1) is 0 Å². The number of carbonyl (C=O) groups is 1. The van der Waals surface area contributed by atoms with E-state index in [4.69, 9.17) is 16.7 Å². The van der Waals surface area contributed by atoms with Gasteiger partial charge in [-0.15, -0.1) is 0 Å². The third-order valence-electron chi connectivity index (χ3n) is 3.37. The highest BCUT2D eigenvalue weighted by Crippen LogP contribution is 2.26. The average Bonchev–Trinajstić information content (AvgIpc) is 2.45. The van der Waals surface area contributed by atoms with Gasteiger partial charge >= 0.3 is 0 Å². The van der Waals surface area contributed by atoms with Gasteiger partial charge in [0.05, 0.1) is 10.7 Å². The van der Waals surface area contributed by atoms with Crippen molar-refractivity contribution in [1.29, 1.82) is 0 Å². The van der Waals surface area contributed by atoms with Crippen molar-refractivity contribution in [3.05, 3.63) is 29.3 Å². The number of aliphatic hydroxyl groups is 1. The number of aliphatic hydroxyl groups excluding tert-OH is 1. The Labute approximate surface area is 118 Å².